The first-order chi connectivity index (χ1) is 13.5. The quantitative estimate of drug-likeness (QED) is 0.510. The van der Waals surface area contributed by atoms with E-state index >= 15 is 0 Å². The van der Waals surface area contributed by atoms with Crippen molar-refractivity contribution >= 4 is 29.3 Å². The van der Waals surface area contributed by atoms with Crippen LogP contribution in [0.25, 0.3) is 11.4 Å². The molecule has 0 bridgehead atoms. The Morgan fingerprint density at radius 2 is 2.07 bits per heavy atom. The number of nitrogens with one attached hydrogen (secondary N) is 1. The summed E-state index contributed by atoms with van der Waals surface area (Å²) >= 11 is 7.42. The van der Waals surface area contributed by atoms with Crippen molar-refractivity contribution in [3.63, 3.8) is 0 Å². The summed E-state index contributed by atoms with van der Waals surface area (Å²) in [4.78, 5) is 12.7. The average Bonchev–Trinajstić information content (AvgIpc) is 3.07. The summed E-state index contributed by atoms with van der Waals surface area (Å²) in [6.07, 6.45) is 6.51. The van der Waals surface area contributed by atoms with Crippen molar-refractivity contribution < 1.29 is 4.79 Å². The van der Waals surface area contributed by atoms with E-state index in [2.05, 4.69) is 29.0 Å². The molecule has 0 saturated heterocycles. The summed E-state index contributed by atoms with van der Waals surface area (Å²) in [5.41, 5.74) is 0.929. The van der Waals surface area contributed by atoms with Gasteiger partial charge in [-0.3, -0.25) is 9.36 Å². The van der Waals surface area contributed by atoms with Gasteiger partial charge in [0.1, 0.15) is 0 Å². The second-order valence-corrected chi connectivity index (χ2v) is 9.09. The Bertz CT molecular complexity index is 820. The second kappa shape index (κ2) is 9.61. The van der Waals surface area contributed by atoms with Crippen LogP contribution in [0, 0.1) is 5.92 Å². The zero-order valence-electron chi connectivity index (χ0n) is 16.4. The van der Waals surface area contributed by atoms with Gasteiger partial charge in [-0.05, 0) is 49.9 Å². The predicted molar refractivity (Wildman–Crippen MR) is 116 cm³/mol. The summed E-state index contributed by atoms with van der Waals surface area (Å²) in [7, 11) is 0. The summed E-state index contributed by atoms with van der Waals surface area (Å²) in [5, 5.41) is 13.0. The van der Waals surface area contributed by atoms with E-state index in [1.807, 2.05) is 35.8 Å². The number of hydrogen-bond acceptors (Lipinski definition) is 4. The molecule has 0 spiro atoms. The standard InChI is InChI=1S/C21H27ClN4OS/c1-4-13-26-19(16-9-11-17(22)12-10-16)24-25-21(26)28-15(3)20(27)23-18-8-6-5-7-14(18)2/h4,9-12,14-15,18H,1,5-8,13H2,2-3H3,(H,23,27)/t14-,15+,18+/m0/s1. The minimum absolute atomic E-state index is 0.0601. The lowest BCUT2D eigenvalue weighted by Crippen LogP contribution is -2.44. The third kappa shape index (κ3) is 4.97. The lowest BCUT2D eigenvalue weighted by atomic mass is 9.86. The molecule has 1 amide bonds. The molecule has 1 heterocycles. The lowest BCUT2D eigenvalue weighted by molar-refractivity contribution is -0.121. The van der Waals surface area contributed by atoms with Crippen LogP contribution in [0.4, 0.5) is 0 Å². The van der Waals surface area contributed by atoms with Crippen molar-refractivity contribution in [3.05, 3.63) is 41.9 Å². The van der Waals surface area contributed by atoms with Gasteiger partial charge in [-0.2, -0.15) is 0 Å². The minimum atomic E-state index is -0.250. The van der Waals surface area contributed by atoms with Gasteiger partial charge in [0.25, 0.3) is 0 Å². The maximum Gasteiger partial charge on any atom is 0.233 e. The highest BCUT2D eigenvalue weighted by Crippen LogP contribution is 2.29. The molecule has 1 aliphatic carbocycles. The molecule has 1 saturated carbocycles. The highest BCUT2D eigenvalue weighted by Gasteiger charge is 2.26. The third-order valence-corrected chi connectivity index (χ3v) is 6.55. The molecule has 1 N–H and O–H groups in total. The molecule has 2 aromatic rings. The lowest BCUT2D eigenvalue weighted by Gasteiger charge is -2.30. The minimum Gasteiger partial charge on any atom is -0.352 e. The zero-order chi connectivity index (χ0) is 20.1. The van der Waals surface area contributed by atoms with E-state index in [-0.39, 0.29) is 17.2 Å². The van der Waals surface area contributed by atoms with Gasteiger partial charge in [0.05, 0.1) is 5.25 Å². The molecule has 7 heteroatoms. The van der Waals surface area contributed by atoms with Gasteiger partial charge < -0.3 is 5.32 Å². The molecular formula is C21H27ClN4OS. The number of hydrogen-bond donors (Lipinski definition) is 1. The topological polar surface area (TPSA) is 59.8 Å². The van der Waals surface area contributed by atoms with Gasteiger partial charge in [-0.15, -0.1) is 16.8 Å². The summed E-state index contributed by atoms with van der Waals surface area (Å²) in [5.74, 6) is 1.34. The van der Waals surface area contributed by atoms with Crippen molar-refractivity contribution in [2.45, 2.75) is 62.5 Å². The summed E-state index contributed by atoms with van der Waals surface area (Å²) in [6.45, 7) is 8.55. The number of halogens is 1. The van der Waals surface area contributed by atoms with Crippen LogP contribution < -0.4 is 5.32 Å². The summed E-state index contributed by atoms with van der Waals surface area (Å²) in [6, 6.07) is 7.78. The Morgan fingerprint density at radius 3 is 2.75 bits per heavy atom. The van der Waals surface area contributed by atoms with E-state index in [1.54, 1.807) is 6.08 Å². The Balaban J connectivity index is 1.73. The molecule has 1 aliphatic rings. The summed E-state index contributed by atoms with van der Waals surface area (Å²) < 4.78 is 1.98. The van der Waals surface area contributed by atoms with Crippen molar-refractivity contribution in [2.24, 2.45) is 5.92 Å². The van der Waals surface area contributed by atoms with Crippen LogP contribution >= 0.6 is 23.4 Å². The molecule has 1 aromatic carbocycles. The number of thioether (sulfide) groups is 1. The number of benzene rings is 1. The fourth-order valence-corrected chi connectivity index (χ4v) is 4.52. The molecule has 5 nitrogen and oxygen atoms in total. The molecule has 150 valence electrons. The predicted octanol–water partition coefficient (Wildman–Crippen LogP) is 4.96. The maximum absolute atomic E-state index is 12.7. The molecule has 0 aliphatic heterocycles. The van der Waals surface area contributed by atoms with Crippen LogP contribution in [0.3, 0.4) is 0 Å². The monoisotopic (exact) mass is 418 g/mol. The first-order valence-electron chi connectivity index (χ1n) is 9.76. The van der Waals surface area contributed by atoms with Gasteiger partial charge in [0.15, 0.2) is 11.0 Å². The number of carbonyl (C=O) groups excluding carboxylic acids is 1. The van der Waals surface area contributed by atoms with Crippen LogP contribution in [-0.2, 0) is 11.3 Å². The van der Waals surface area contributed by atoms with Crippen molar-refractivity contribution in [1.82, 2.24) is 20.1 Å². The molecule has 0 radical (unpaired) electrons. The number of aromatic nitrogens is 3. The van der Waals surface area contributed by atoms with E-state index in [0.717, 1.165) is 17.8 Å². The van der Waals surface area contributed by atoms with Crippen LogP contribution in [0.15, 0.2) is 42.1 Å². The van der Waals surface area contributed by atoms with Crippen molar-refractivity contribution in [1.29, 1.82) is 0 Å². The first kappa shape index (κ1) is 20.9. The Morgan fingerprint density at radius 1 is 1.36 bits per heavy atom. The van der Waals surface area contributed by atoms with E-state index in [1.165, 1.54) is 31.0 Å². The highest BCUT2D eigenvalue weighted by molar-refractivity contribution is 8.00. The van der Waals surface area contributed by atoms with Crippen molar-refractivity contribution in [2.75, 3.05) is 0 Å². The normalized spacial score (nSPS) is 20.5. The largest absolute Gasteiger partial charge is 0.352 e. The molecule has 1 fully saturated rings. The molecule has 0 unspecified atom stereocenters. The van der Waals surface area contributed by atoms with Crippen molar-refractivity contribution in [3.8, 4) is 11.4 Å². The van der Waals surface area contributed by atoms with E-state index < -0.39 is 0 Å². The van der Waals surface area contributed by atoms with Gasteiger partial charge >= 0.3 is 0 Å². The average molecular weight is 419 g/mol. The van der Waals surface area contributed by atoms with Gasteiger partial charge in [-0.25, -0.2) is 0 Å². The van der Waals surface area contributed by atoms with Crippen LogP contribution in [0.2, 0.25) is 5.02 Å². The Labute approximate surface area is 176 Å². The Hall–Kier alpha value is -1.79. The first-order valence-corrected chi connectivity index (χ1v) is 11.0. The van der Waals surface area contributed by atoms with E-state index in [0.29, 0.717) is 22.6 Å². The molecule has 1 aromatic heterocycles. The van der Waals surface area contributed by atoms with Gasteiger partial charge in [0.2, 0.25) is 5.91 Å². The van der Waals surface area contributed by atoms with E-state index in [4.69, 9.17) is 11.6 Å². The highest BCUT2D eigenvalue weighted by atomic mass is 35.5. The number of carbonyl (C=O) groups is 1. The van der Waals surface area contributed by atoms with Crippen LogP contribution in [0.1, 0.15) is 39.5 Å². The SMILES string of the molecule is C=CCn1c(S[C@H](C)C(=O)N[C@@H]2CCCC[C@@H]2C)nnc1-c1ccc(Cl)cc1. The molecule has 3 rings (SSSR count). The number of allylic oxidation sites excluding steroid dienone is 1. The number of nitrogens with zero attached hydrogens (tertiary/aromatic N) is 3. The van der Waals surface area contributed by atoms with Crippen LogP contribution in [0.5, 0.6) is 0 Å². The zero-order valence-corrected chi connectivity index (χ0v) is 18.0. The fourth-order valence-electron chi connectivity index (χ4n) is 3.52. The third-order valence-electron chi connectivity index (χ3n) is 5.22. The Kier molecular flexibility index (Phi) is 7.18. The number of rotatable bonds is 7. The smallest absolute Gasteiger partial charge is 0.233 e. The maximum atomic E-state index is 12.7. The molecule has 28 heavy (non-hydrogen) atoms. The fraction of sp³-hybridized carbons (Fsp3) is 0.476. The van der Waals surface area contributed by atoms with Gasteiger partial charge in [-0.1, -0.05) is 49.2 Å². The number of amides is 1. The molecule has 3 atom stereocenters. The second-order valence-electron chi connectivity index (χ2n) is 7.35. The van der Waals surface area contributed by atoms with Gasteiger partial charge in [0, 0.05) is 23.2 Å². The molecular weight excluding hydrogens is 392 g/mol. The van der Waals surface area contributed by atoms with Crippen LogP contribution in [-0.4, -0.2) is 32.0 Å². The van der Waals surface area contributed by atoms with E-state index in [9.17, 15) is 4.79 Å².